The Labute approximate surface area is 370 Å². The van der Waals surface area contributed by atoms with Gasteiger partial charge >= 0.3 is 10.5 Å². The number of nitrogens with two attached hydrogens (primary N) is 1. The first kappa shape index (κ1) is 54.0. The largest absolute Gasteiger partial charge is 0.399 e. The highest BCUT2D eigenvalue weighted by atomic mass is 35.5. The Balaban J connectivity index is 0.000000522. The zero-order chi connectivity index (χ0) is 45.9. The first-order chi connectivity index (χ1) is 26.5. The molecule has 0 aliphatic carbocycles. The summed E-state index contributed by atoms with van der Waals surface area (Å²) >= 11 is 8.98. The minimum atomic E-state index is -1.14. The summed E-state index contributed by atoms with van der Waals surface area (Å²) in [5.41, 5.74) is 18.2. The fraction of sp³-hybridized carbons (Fsp3) is 0.608. The van der Waals surface area contributed by atoms with Crippen molar-refractivity contribution in [2.75, 3.05) is 36.1 Å². The maximum absolute atomic E-state index is 9.43. The average molecular weight is 855 g/mol. The van der Waals surface area contributed by atoms with E-state index >= 15 is 0 Å². The third kappa shape index (κ3) is 20.4. The van der Waals surface area contributed by atoms with Gasteiger partial charge in [0.15, 0.2) is 0 Å². The molecule has 4 N–H and O–H groups in total. The molecule has 0 radical (unpaired) electrons. The highest BCUT2D eigenvalue weighted by Crippen LogP contribution is 2.34. The van der Waals surface area contributed by atoms with Crippen LogP contribution < -0.4 is 16.4 Å². The summed E-state index contributed by atoms with van der Waals surface area (Å²) in [4.78, 5) is 18.9. The number of rotatable bonds is 6. The summed E-state index contributed by atoms with van der Waals surface area (Å²) in [5, 5.41) is 5.05. The Kier molecular flexibility index (Phi) is 19.8. The van der Waals surface area contributed by atoms with Gasteiger partial charge in [-0.2, -0.15) is 0 Å². The van der Waals surface area contributed by atoms with Gasteiger partial charge in [0.25, 0.3) is 0 Å². The van der Waals surface area contributed by atoms with Gasteiger partial charge in [-0.05, 0) is 145 Å². The molecule has 3 aromatic carbocycles. The number of carbonyl (C=O) groups is 2. The summed E-state index contributed by atoms with van der Waals surface area (Å²) in [6.07, 6.45) is 3.08. The molecule has 1 heterocycles. The van der Waals surface area contributed by atoms with E-state index in [9.17, 15) is 9.59 Å². The van der Waals surface area contributed by atoms with Crippen LogP contribution in [0.3, 0.4) is 0 Å². The van der Waals surface area contributed by atoms with E-state index in [1.54, 1.807) is 0 Å². The van der Waals surface area contributed by atoms with Crippen LogP contribution in [-0.4, -0.2) is 36.3 Å². The molecule has 0 amide bonds. The minimum absolute atomic E-state index is 0.132. The van der Waals surface area contributed by atoms with Crippen LogP contribution >= 0.6 is 23.2 Å². The Hall–Kier alpha value is -3.06. The molecule has 0 spiro atoms. The molecule has 6 nitrogen and oxygen atoms in total. The highest BCUT2D eigenvalue weighted by Gasteiger charge is 2.23. The van der Waals surface area contributed by atoms with E-state index in [0.717, 1.165) is 25.4 Å². The molecule has 59 heavy (non-hydrogen) atoms. The van der Waals surface area contributed by atoms with E-state index in [2.05, 4.69) is 220 Å². The van der Waals surface area contributed by atoms with Crippen LogP contribution in [-0.2, 0) is 46.8 Å². The predicted octanol–water partition coefficient (Wildman–Crippen LogP) is 14.0. The van der Waals surface area contributed by atoms with E-state index in [-0.39, 0.29) is 32.5 Å². The van der Waals surface area contributed by atoms with Crippen molar-refractivity contribution in [3.8, 4) is 0 Å². The van der Waals surface area contributed by atoms with Crippen molar-refractivity contribution in [3.05, 3.63) is 88.0 Å². The van der Waals surface area contributed by atoms with Crippen molar-refractivity contribution >= 4 is 50.7 Å². The third-order valence-corrected chi connectivity index (χ3v) is 10.6. The number of nitrogen functional groups attached to an aromatic ring is 1. The van der Waals surface area contributed by atoms with Crippen LogP contribution in [0, 0.1) is 0 Å². The summed E-state index contributed by atoms with van der Waals surface area (Å²) in [7, 11) is 0. The fourth-order valence-electron chi connectivity index (χ4n) is 5.86. The average Bonchev–Trinajstić information content (AvgIpc) is 3.55. The second kappa shape index (κ2) is 21.6. The molecule has 1 saturated heterocycles. The van der Waals surface area contributed by atoms with Crippen molar-refractivity contribution in [1.29, 1.82) is 0 Å². The molecule has 3 aromatic rings. The third-order valence-electron chi connectivity index (χ3n) is 10.1. The lowest BCUT2D eigenvalue weighted by Crippen LogP contribution is -2.20. The van der Waals surface area contributed by atoms with Crippen molar-refractivity contribution in [1.82, 2.24) is 0 Å². The van der Waals surface area contributed by atoms with Crippen LogP contribution in [0.1, 0.15) is 178 Å². The minimum Gasteiger partial charge on any atom is -0.399 e. The number of hydrogen-bond donors (Lipinski definition) is 3. The zero-order valence-corrected chi connectivity index (χ0v) is 41.9. The number of ether oxygens (including phenoxy) is 1. The van der Waals surface area contributed by atoms with E-state index in [1.165, 1.54) is 57.6 Å². The van der Waals surface area contributed by atoms with E-state index in [0.29, 0.717) is 6.10 Å². The lowest BCUT2D eigenvalue weighted by molar-refractivity contribution is -0.127. The fourth-order valence-corrected chi connectivity index (χ4v) is 5.86. The van der Waals surface area contributed by atoms with Gasteiger partial charge in [-0.25, -0.2) is 0 Å². The van der Waals surface area contributed by atoms with Crippen LogP contribution in [0.15, 0.2) is 54.6 Å². The molecule has 4 rings (SSSR count). The van der Waals surface area contributed by atoms with E-state index in [4.69, 9.17) is 10.5 Å². The van der Waals surface area contributed by atoms with Crippen LogP contribution in [0.5, 0.6) is 0 Å². The maximum Gasteiger partial charge on any atom is 0.304 e. The standard InChI is InChI=1S/C30H48N2.C14H23N.C5H10O.C2Cl2O2/c1-27(2,3)21-15-22(28(4,5)6)18-25(17-21)31-13-14-32-26-19-23(29(7,8)9)16-24(20-26)30(10,11)12;1-13(2,3)10-7-11(14(4,5)6)9-12(15)8-10;1-5-3-2-4-6-5;3-1(5)2(4)6/h15-20,31-32H,13-14H2,1-12H3;7-9H,15H2,1-6H3;5H,2-4H2,1H3;. The molecule has 8 heteroatoms. The van der Waals surface area contributed by atoms with Crippen molar-refractivity contribution < 1.29 is 14.3 Å². The van der Waals surface area contributed by atoms with Crippen molar-refractivity contribution in [2.24, 2.45) is 0 Å². The predicted molar refractivity (Wildman–Crippen MR) is 259 cm³/mol. The number of benzene rings is 3. The first-order valence-electron chi connectivity index (χ1n) is 21.2. The van der Waals surface area contributed by atoms with Gasteiger partial charge in [0.05, 0.1) is 6.10 Å². The molecule has 1 aliphatic heterocycles. The Morgan fingerprint density at radius 1 is 0.525 bits per heavy atom. The number of nitrogens with one attached hydrogen (secondary N) is 2. The molecule has 1 aliphatic rings. The second-order valence-electron chi connectivity index (χ2n) is 22.2. The van der Waals surface area contributed by atoms with Gasteiger partial charge in [-0.1, -0.05) is 143 Å². The summed E-state index contributed by atoms with van der Waals surface area (Å²) in [5.74, 6) is 0. The van der Waals surface area contributed by atoms with Gasteiger partial charge in [0.2, 0.25) is 0 Å². The Morgan fingerprint density at radius 2 is 0.780 bits per heavy atom. The monoisotopic (exact) mass is 854 g/mol. The molecule has 332 valence electrons. The number of carbonyl (C=O) groups excluding carboxylic acids is 2. The molecule has 0 bridgehead atoms. The molecule has 0 saturated carbocycles. The van der Waals surface area contributed by atoms with Crippen LogP contribution in [0.4, 0.5) is 17.1 Å². The summed E-state index contributed by atoms with van der Waals surface area (Å²) < 4.78 is 5.15. The lowest BCUT2D eigenvalue weighted by Gasteiger charge is -2.27. The van der Waals surface area contributed by atoms with Gasteiger partial charge in [0.1, 0.15) is 0 Å². The second-order valence-corrected chi connectivity index (χ2v) is 22.9. The summed E-state index contributed by atoms with van der Waals surface area (Å²) in [6, 6.07) is 20.4. The number of hydrogen-bond acceptors (Lipinski definition) is 6. The van der Waals surface area contributed by atoms with Gasteiger partial charge in [-0.15, -0.1) is 0 Å². The molecular weight excluding hydrogens is 773 g/mol. The lowest BCUT2D eigenvalue weighted by atomic mass is 9.80. The number of halogens is 2. The van der Waals surface area contributed by atoms with Gasteiger partial charge in [-0.3, -0.25) is 9.59 Å². The van der Waals surface area contributed by atoms with Gasteiger partial charge < -0.3 is 21.1 Å². The van der Waals surface area contributed by atoms with Gasteiger partial charge in [0, 0.05) is 36.8 Å². The van der Waals surface area contributed by atoms with E-state index < -0.39 is 10.5 Å². The smallest absolute Gasteiger partial charge is 0.304 e. The van der Waals surface area contributed by atoms with Crippen molar-refractivity contribution in [2.45, 2.75) is 183 Å². The Morgan fingerprint density at radius 3 is 0.949 bits per heavy atom. The number of anilines is 3. The van der Waals surface area contributed by atoms with Crippen LogP contribution in [0.2, 0.25) is 0 Å². The molecular formula is C51H81Cl2N3O3. The Bertz CT molecular complexity index is 1620. The normalized spacial score (nSPS) is 14.8. The molecule has 1 atom stereocenters. The molecule has 0 aromatic heterocycles. The molecule has 1 unspecified atom stereocenters. The quantitative estimate of drug-likeness (QED) is 0.0990. The van der Waals surface area contributed by atoms with Crippen molar-refractivity contribution in [3.63, 3.8) is 0 Å². The zero-order valence-electron chi connectivity index (χ0n) is 40.4. The summed E-state index contributed by atoms with van der Waals surface area (Å²) in [6.45, 7) is 45.6. The van der Waals surface area contributed by atoms with Crippen LogP contribution in [0.25, 0.3) is 0 Å². The SMILES string of the molecule is CC(C)(C)c1cc(N)cc(C(C)(C)C)c1.CC(C)(C)c1cc(NCCNc2cc(C(C)(C)C)cc(C(C)(C)C)c2)cc(C(C)(C)C)c1.CC1CCCO1.O=C(Cl)C(=O)Cl. The molecule has 1 fully saturated rings. The first-order valence-corrected chi connectivity index (χ1v) is 22.0. The van der Waals surface area contributed by atoms with E-state index in [1.807, 2.05) is 0 Å². The maximum atomic E-state index is 9.43. The highest BCUT2D eigenvalue weighted by molar-refractivity contribution is 6.97. The topological polar surface area (TPSA) is 93.4 Å².